The summed E-state index contributed by atoms with van der Waals surface area (Å²) < 4.78 is 10.8. The SMILES string of the molecule is CC(C)(C)CCC(C)(C)c1ccc(OCCOCCO)cc1. The first-order valence-corrected chi connectivity index (χ1v) is 8.16. The van der Waals surface area contributed by atoms with E-state index in [1.807, 2.05) is 12.1 Å². The molecule has 0 aliphatic rings. The summed E-state index contributed by atoms with van der Waals surface area (Å²) in [4.78, 5) is 0. The van der Waals surface area contributed by atoms with Crippen LogP contribution in [0.15, 0.2) is 24.3 Å². The smallest absolute Gasteiger partial charge is 0.119 e. The van der Waals surface area contributed by atoms with E-state index in [-0.39, 0.29) is 12.0 Å². The first-order chi connectivity index (χ1) is 10.2. The van der Waals surface area contributed by atoms with Crippen molar-refractivity contribution in [2.24, 2.45) is 5.41 Å². The monoisotopic (exact) mass is 308 g/mol. The van der Waals surface area contributed by atoms with Crippen molar-refractivity contribution in [2.75, 3.05) is 26.4 Å². The molecule has 3 heteroatoms. The predicted octanol–water partition coefficient (Wildman–Crippen LogP) is 4.18. The normalized spacial score (nSPS) is 12.5. The third-order valence-corrected chi connectivity index (χ3v) is 3.87. The molecule has 0 radical (unpaired) electrons. The molecule has 0 fully saturated rings. The topological polar surface area (TPSA) is 38.7 Å². The highest BCUT2D eigenvalue weighted by Crippen LogP contribution is 2.34. The van der Waals surface area contributed by atoms with Gasteiger partial charge in [0, 0.05) is 0 Å². The average Bonchev–Trinajstić information content (AvgIpc) is 2.45. The van der Waals surface area contributed by atoms with Gasteiger partial charge in [0.15, 0.2) is 0 Å². The summed E-state index contributed by atoms with van der Waals surface area (Å²) in [7, 11) is 0. The van der Waals surface area contributed by atoms with Gasteiger partial charge in [0.2, 0.25) is 0 Å². The van der Waals surface area contributed by atoms with Crippen LogP contribution in [-0.4, -0.2) is 31.5 Å². The zero-order valence-electron chi connectivity index (χ0n) is 14.8. The minimum atomic E-state index is 0.0539. The molecule has 0 aliphatic heterocycles. The van der Waals surface area contributed by atoms with Gasteiger partial charge in [-0.15, -0.1) is 0 Å². The van der Waals surface area contributed by atoms with Crippen molar-refractivity contribution in [1.29, 1.82) is 0 Å². The number of rotatable bonds is 9. The Morgan fingerprint density at radius 1 is 0.864 bits per heavy atom. The van der Waals surface area contributed by atoms with Crippen LogP contribution in [0.4, 0.5) is 0 Å². The van der Waals surface area contributed by atoms with Crippen LogP contribution in [0.2, 0.25) is 0 Å². The summed E-state index contributed by atoms with van der Waals surface area (Å²) in [6.07, 6.45) is 2.38. The minimum absolute atomic E-state index is 0.0539. The number of ether oxygens (including phenoxy) is 2. The molecule has 0 atom stereocenters. The van der Waals surface area contributed by atoms with Gasteiger partial charge >= 0.3 is 0 Å². The van der Waals surface area contributed by atoms with Crippen LogP contribution in [0, 0.1) is 5.41 Å². The Kier molecular flexibility index (Phi) is 7.37. The van der Waals surface area contributed by atoms with Gasteiger partial charge in [-0.05, 0) is 41.4 Å². The standard InChI is InChI=1S/C19H32O3/c1-18(2,3)10-11-19(4,5)16-6-8-17(9-7-16)22-15-14-21-13-12-20/h6-9,20H,10-15H2,1-5H3. The molecule has 0 saturated heterocycles. The summed E-state index contributed by atoms with van der Waals surface area (Å²) in [5, 5.41) is 8.62. The molecule has 3 nitrogen and oxygen atoms in total. The third-order valence-electron chi connectivity index (χ3n) is 3.87. The van der Waals surface area contributed by atoms with E-state index in [0.717, 1.165) is 5.75 Å². The van der Waals surface area contributed by atoms with Crippen molar-refractivity contribution < 1.29 is 14.6 Å². The van der Waals surface area contributed by atoms with Gasteiger partial charge < -0.3 is 14.6 Å². The molecule has 1 aromatic carbocycles. The van der Waals surface area contributed by atoms with E-state index in [1.165, 1.54) is 18.4 Å². The Morgan fingerprint density at radius 2 is 1.50 bits per heavy atom. The molecule has 0 heterocycles. The average molecular weight is 308 g/mol. The lowest BCUT2D eigenvalue weighted by molar-refractivity contribution is 0.0705. The lowest BCUT2D eigenvalue weighted by Gasteiger charge is -2.29. The number of aliphatic hydroxyl groups is 1. The van der Waals surface area contributed by atoms with Crippen LogP contribution in [0.1, 0.15) is 53.0 Å². The van der Waals surface area contributed by atoms with Gasteiger partial charge in [-0.1, -0.05) is 46.8 Å². The molecule has 1 rings (SSSR count). The number of benzene rings is 1. The van der Waals surface area contributed by atoms with Gasteiger partial charge in [-0.3, -0.25) is 0 Å². The summed E-state index contributed by atoms with van der Waals surface area (Å²) >= 11 is 0. The Morgan fingerprint density at radius 3 is 2.05 bits per heavy atom. The van der Waals surface area contributed by atoms with Crippen molar-refractivity contribution in [3.8, 4) is 5.75 Å². The van der Waals surface area contributed by atoms with E-state index in [0.29, 0.717) is 25.2 Å². The second-order valence-corrected chi connectivity index (χ2v) is 7.65. The summed E-state index contributed by atoms with van der Waals surface area (Å²) in [6.45, 7) is 12.9. The second-order valence-electron chi connectivity index (χ2n) is 7.65. The highest BCUT2D eigenvalue weighted by atomic mass is 16.5. The zero-order valence-corrected chi connectivity index (χ0v) is 14.8. The van der Waals surface area contributed by atoms with Gasteiger partial charge in [0.1, 0.15) is 12.4 Å². The Hall–Kier alpha value is -1.06. The van der Waals surface area contributed by atoms with Gasteiger partial charge in [0.05, 0.1) is 19.8 Å². The predicted molar refractivity (Wildman–Crippen MR) is 91.6 cm³/mol. The first-order valence-electron chi connectivity index (χ1n) is 8.16. The first kappa shape index (κ1) is 19.0. The maximum absolute atomic E-state index is 8.62. The second kappa shape index (κ2) is 8.54. The van der Waals surface area contributed by atoms with Crippen molar-refractivity contribution >= 4 is 0 Å². The number of hydrogen-bond acceptors (Lipinski definition) is 3. The molecule has 0 aromatic heterocycles. The molecule has 0 spiro atoms. The van der Waals surface area contributed by atoms with Gasteiger partial charge in [0.25, 0.3) is 0 Å². The van der Waals surface area contributed by atoms with Crippen LogP contribution in [0.3, 0.4) is 0 Å². The molecule has 0 saturated carbocycles. The van der Waals surface area contributed by atoms with Crippen molar-refractivity contribution in [2.45, 2.75) is 52.9 Å². The highest BCUT2D eigenvalue weighted by Gasteiger charge is 2.23. The summed E-state index contributed by atoms with van der Waals surface area (Å²) in [6, 6.07) is 8.37. The van der Waals surface area contributed by atoms with E-state index in [4.69, 9.17) is 14.6 Å². The fourth-order valence-corrected chi connectivity index (χ4v) is 2.22. The maximum Gasteiger partial charge on any atom is 0.119 e. The maximum atomic E-state index is 8.62. The van der Waals surface area contributed by atoms with Crippen molar-refractivity contribution in [3.63, 3.8) is 0 Å². The molecule has 0 unspecified atom stereocenters. The Bertz CT molecular complexity index is 415. The third kappa shape index (κ3) is 7.28. The molecule has 0 bridgehead atoms. The van der Waals surface area contributed by atoms with Crippen LogP contribution in [-0.2, 0) is 10.2 Å². The van der Waals surface area contributed by atoms with E-state index >= 15 is 0 Å². The van der Waals surface area contributed by atoms with Gasteiger partial charge in [-0.25, -0.2) is 0 Å². The lowest BCUT2D eigenvalue weighted by atomic mass is 9.76. The Labute approximate surface area is 135 Å². The molecule has 0 aliphatic carbocycles. The van der Waals surface area contributed by atoms with E-state index in [2.05, 4.69) is 46.8 Å². The molecule has 0 amide bonds. The fourth-order valence-electron chi connectivity index (χ4n) is 2.22. The molecular weight excluding hydrogens is 276 g/mol. The fraction of sp³-hybridized carbons (Fsp3) is 0.684. The molecule has 1 aromatic rings. The van der Waals surface area contributed by atoms with Gasteiger partial charge in [-0.2, -0.15) is 0 Å². The molecule has 22 heavy (non-hydrogen) atoms. The molecule has 126 valence electrons. The molecular formula is C19H32O3. The lowest BCUT2D eigenvalue weighted by Crippen LogP contribution is -2.20. The quantitative estimate of drug-likeness (QED) is 0.696. The van der Waals surface area contributed by atoms with Crippen LogP contribution in [0.5, 0.6) is 5.75 Å². The van der Waals surface area contributed by atoms with Crippen LogP contribution >= 0.6 is 0 Å². The van der Waals surface area contributed by atoms with Crippen LogP contribution < -0.4 is 4.74 Å². The number of hydrogen-bond donors (Lipinski definition) is 1. The van der Waals surface area contributed by atoms with Crippen LogP contribution in [0.25, 0.3) is 0 Å². The summed E-state index contributed by atoms with van der Waals surface area (Å²) in [5.41, 5.74) is 1.89. The highest BCUT2D eigenvalue weighted by molar-refractivity contribution is 5.31. The van der Waals surface area contributed by atoms with E-state index < -0.39 is 0 Å². The summed E-state index contributed by atoms with van der Waals surface area (Å²) in [5.74, 6) is 0.864. The zero-order chi connectivity index (χ0) is 16.6. The largest absolute Gasteiger partial charge is 0.491 e. The number of aliphatic hydroxyl groups excluding tert-OH is 1. The van der Waals surface area contributed by atoms with Crippen molar-refractivity contribution in [3.05, 3.63) is 29.8 Å². The van der Waals surface area contributed by atoms with E-state index in [1.54, 1.807) is 0 Å². The minimum Gasteiger partial charge on any atom is -0.491 e. The molecule has 1 N–H and O–H groups in total. The Balaban J connectivity index is 2.49. The van der Waals surface area contributed by atoms with E-state index in [9.17, 15) is 0 Å². The van der Waals surface area contributed by atoms with Crippen molar-refractivity contribution in [1.82, 2.24) is 0 Å².